The molecule has 2 heteroatoms. The summed E-state index contributed by atoms with van der Waals surface area (Å²) in [6, 6.07) is 0. The van der Waals surface area contributed by atoms with E-state index in [1.54, 1.807) is 0 Å². The largest absolute Gasteiger partial charge is 0.378 e. The molecule has 0 bridgehead atoms. The molecular weight excluding hydrogens is 174 g/mol. The number of ether oxygens (including phenoxy) is 1. The van der Waals surface area contributed by atoms with Crippen molar-refractivity contribution in [2.24, 2.45) is 5.92 Å². The van der Waals surface area contributed by atoms with E-state index in [0.717, 1.165) is 12.5 Å². The summed E-state index contributed by atoms with van der Waals surface area (Å²) in [5.74, 6) is 0.880. The van der Waals surface area contributed by atoms with Gasteiger partial charge in [0.15, 0.2) is 0 Å². The molecule has 0 aromatic rings. The summed E-state index contributed by atoms with van der Waals surface area (Å²) in [7, 11) is 0. The van der Waals surface area contributed by atoms with Crippen molar-refractivity contribution in [3.8, 4) is 0 Å². The van der Waals surface area contributed by atoms with E-state index in [1.807, 2.05) is 0 Å². The molecule has 82 valence electrons. The van der Waals surface area contributed by atoms with E-state index in [-0.39, 0.29) is 0 Å². The Morgan fingerprint density at radius 1 is 1.07 bits per heavy atom. The summed E-state index contributed by atoms with van der Waals surface area (Å²) in [5, 5.41) is 3.46. The van der Waals surface area contributed by atoms with E-state index in [0.29, 0.717) is 6.10 Å². The average molecular weight is 197 g/mol. The second-order valence-corrected chi connectivity index (χ2v) is 4.78. The molecular formula is C12H23NO. The predicted molar refractivity (Wildman–Crippen MR) is 58.4 cm³/mol. The highest BCUT2D eigenvalue weighted by Crippen LogP contribution is 2.22. The van der Waals surface area contributed by atoms with Crippen LogP contribution in [0.4, 0.5) is 0 Å². The fourth-order valence-corrected chi connectivity index (χ4v) is 2.63. The highest BCUT2D eigenvalue weighted by atomic mass is 16.5. The van der Waals surface area contributed by atoms with Gasteiger partial charge in [-0.2, -0.15) is 0 Å². The Balaban J connectivity index is 1.52. The molecule has 0 aromatic heterocycles. The molecule has 1 aliphatic carbocycles. The van der Waals surface area contributed by atoms with Crippen LogP contribution in [0.15, 0.2) is 0 Å². The van der Waals surface area contributed by atoms with Gasteiger partial charge in [-0.25, -0.2) is 0 Å². The zero-order valence-electron chi connectivity index (χ0n) is 9.13. The summed E-state index contributed by atoms with van der Waals surface area (Å²) in [4.78, 5) is 0. The molecule has 1 atom stereocenters. The Kier molecular flexibility index (Phi) is 4.26. The van der Waals surface area contributed by atoms with Gasteiger partial charge in [0.05, 0.1) is 6.10 Å². The second-order valence-electron chi connectivity index (χ2n) is 4.78. The highest BCUT2D eigenvalue weighted by molar-refractivity contribution is 4.70. The molecule has 1 aliphatic heterocycles. The second kappa shape index (κ2) is 5.72. The van der Waals surface area contributed by atoms with Crippen molar-refractivity contribution in [1.29, 1.82) is 0 Å². The maximum absolute atomic E-state index is 5.88. The van der Waals surface area contributed by atoms with Crippen molar-refractivity contribution in [2.45, 2.75) is 51.0 Å². The number of piperidine rings is 1. The van der Waals surface area contributed by atoms with Crippen LogP contribution in [0.25, 0.3) is 0 Å². The summed E-state index contributed by atoms with van der Waals surface area (Å²) >= 11 is 0. The minimum atomic E-state index is 0.603. The monoisotopic (exact) mass is 197 g/mol. The maximum Gasteiger partial charge on any atom is 0.0575 e. The van der Waals surface area contributed by atoms with Crippen molar-refractivity contribution in [1.82, 2.24) is 5.32 Å². The lowest BCUT2D eigenvalue weighted by molar-refractivity contribution is 0.0474. The molecule has 1 N–H and O–H groups in total. The van der Waals surface area contributed by atoms with E-state index < -0.39 is 0 Å². The number of rotatable bonds is 4. The van der Waals surface area contributed by atoms with E-state index in [2.05, 4.69) is 5.32 Å². The standard InChI is InChI=1S/C12H23NO/c1-2-6-12(5-1)14-9-7-11-4-3-8-13-10-11/h11-13H,1-10H2. The fourth-order valence-electron chi connectivity index (χ4n) is 2.63. The topological polar surface area (TPSA) is 21.3 Å². The number of nitrogens with one attached hydrogen (secondary N) is 1. The molecule has 1 saturated heterocycles. The fraction of sp³-hybridized carbons (Fsp3) is 1.00. The first-order valence-corrected chi connectivity index (χ1v) is 6.27. The van der Waals surface area contributed by atoms with Gasteiger partial charge in [-0.1, -0.05) is 12.8 Å². The summed E-state index contributed by atoms with van der Waals surface area (Å²) in [5.41, 5.74) is 0. The molecule has 14 heavy (non-hydrogen) atoms. The minimum absolute atomic E-state index is 0.603. The quantitative estimate of drug-likeness (QED) is 0.747. The van der Waals surface area contributed by atoms with Crippen LogP contribution in [0.1, 0.15) is 44.9 Å². The summed E-state index contributed by atoms with van der Waals surface area (Å²) in [6.07, 6.45) is 10.0. The first-order valence-electron chi connectivity index (χ1n) is 6.27. The van der Waals surface area contributed by atoms with Crippen molar-refractivity contribution >= 4 is 0 Å². The smallest absolute Gasteiger partial charge is 0.0575 e. The predicted octanol–water partition coefficient (Wildman–Crippen LogP) is 2.34. The van der Waals surface area contributed by atoms with Crippen LogP contribution in [0.3, 0.4) is 0 Å². The van der Waals surface area contributed by atoms with Crippen LogP contribution in [0.5, 0.6) is 0 Å². The van der Waals surface area contributed by atoms with Crippen LogP contribution >= 0.6 is 0 Å². The van der Waals surface area contributed by atoms with Gasteiger partial charge in [-0.05, 0) is 51.1 Å². The number of hydrogen-bond donors (Lipinski definition) is 1. The van der Waals surface area contributed by atoms with E-state index >= 15 is 0 Å². The van der Waals surface area contributed by atoms with Gasteiger partial charge in [0, 0.05) is 6.61 Å². The lowest BCUT2D eigenvalue weighted by atomic mass is 9.97. The molecule has 0 spiro atoms. The third-order valence-electron chi connectivity index (χ3n) is 3.58. The highest BCUT2D eigenvalue weighted by Gasteiger charge is 2.17. The van der Waals surface area contributed by atoms with Gasteiger partial charge in [-0.3, -0.25) is 0 Å². The summed E-state index contributed by atoms with van der Waals surface area (Å²) in [6.45, 7) is 3.44. The molecule has 2 aliphatic rings. The normalized spacial score (nSPS) is 29.6. The third-order valence-corrected chi connectivity index (χ3v) is 3.58. The van der Waals surface area contributed by atoms with Crippen LogP contribution < -0.4 is 5.32 Å². The van der Waals surface area contributed by atoms with E-state index in [1.165, 1.54) is 58.0 Å². The molecule has 1 heterocycles. The van der Waals surface area contributed by atoms with Crippen LogP contribution in [0, 0.1) is 5.92 Å². The van der Waals surface area contributed by atoms with Crippen molar-refractivity contribution in [3.63, 3.8) is 0 Å². The Labute approximate surface area is 87.4 Å². The Bertz CT molecular complexity index is 148. The molecule has 0 aromatic carbocycles. The molecule has 2 nitrogen and oxygen atoms in total. The zero-order chi connectivity index (χ0) is 9.64. The number of hydrogen-bond acceptors (Lipinski definition) is 2. The van der Waals surface area contributed by atoms with E-state index in [4.69, 9.17) is 4.74 Å². The minimum Gasteiger partial charge on any atom is -0.378 e. The third kappa shape index (κ3) is 3.25. The van der Waals surface area contributed by atoms with E-state index in [9.17, 15) is 0 Å². The average Bonchev–Trinajstić information content (AvgIpc) is 2.72. The molecule has 0 amide bonds. The van der Waals surface area contributed by atoms with Crippen LogP contribution in [0.2, 0.25) is 0 Å². The molecule has 0 radical (unpaired) electrons. The van der Waals surface area contributed by atoms with Gasteiger partial charge in [0.1, 0.15) is 0 Å². The SMILES string of the molecule is C1CNCC(CCOC2CCCC2)C1. The van der Waals surface area contributed by atoms with Gasteiger partial charge in [0.25, 0.3) is 0 Å². The molecule has 1 unspecified atom stereocenters. The Hall–Kier alpha value is -0.0800. The van der Waals surface area contributed by atoms with Crippen molar-refractivity contribution in [3.05, 3.63) is 0 Å². The Morgan fingerprint density at radius 2 is 1.93 bits per heavy atom. The first-order chi connectivity index (χ1) is 6.95. The molecule has 2 rings (SSSR count). The maximum atomic E-state index is 5.88. The van der Waals surface area contributed by atoms with Gasteiger partial charge >= 0.3 is 0 Å². The van der Waals surface area contributed by atoms with Gasteiger partial charge in [-0.15, -0.1) is 0 Å². The Morgan fingerprint density at radius 3 is 2.64 bits per heavy atom. The summed E-state index contributed by atoms with van der Waals surface area (Å²) < 4.78 is 5.88. The van der Waals surface area contributed by atoms with Gasteiger partial charge < -0.3 is 10.1 Å². The van der Waals surface area contributed by atoms with Crippen molar-refractivity contribution < 1.29 is 4.74 Å². The first kappa shape index (κ1) is 10.4. The lowest BCUT2D eigenvalue weighted by Gasteiger charge is -2.23. The van der Waals surface area contributed by atoms with Gasteiger partial charge in [0.2, 0.25) is 0 Å². The zero-order valence-corrected chi connectivity index (χ0v) is 9.13. The van der Waals surface area contributed by atoms with Crippen LogP contribution in [-0.2, 0) is 4.74 Å². The molecule has 1 saturated carbocycles. The van der Waals surface area contributed by atoms with Crippen molar-refractivity contribution in [2.75, 3.05) is 19.7 Å². The lowest BCUT2D eigenvalue weighted by Crippen LogP contribution is -2.30. The molecule has 2 fully saturated rings. The van der Waals surface area contributed by atoms with Crippen LogP contribution in [-0.4, -0.2) is 25.8 Å².